The number of carbonyl (C=O) groups is 1. The topological polar surface area (TPSA) is 55.1 Å². The van der Waals surface area contributed by atoms with Gasteiger partial charge in [0.25, 0.3) is 0 Å². The molecule has 0 amide bonds. The van der Waals surface area contributed by atoms with Crippen molar-refractivity contribution in [3.8, 4) is 0 Å². The molecule has 7 heteroatoms. The Morgan fingerprint density at radius 2 is 1.77 bits per heavy atom. The third-order valence-corrected chi connectivity index (χ3v) is 3.72. The second-order valence-electron chi connectivity index (χ2n) is 5.76. The zero-order valence-corrected chi connectivity index (χ0v) is 12.7. The summed E-state index contributed by atoms with van der Waals surface area (Å²) in [6, 6.07) is 1.78. The van der Waals surface area contributed by atoms with Gasteiger partial charge in [0, 0.05) is 0 Å². The van der Waals surface area contributed by atoms with Gasteiger partial charge in [-0.2, -0.15) is 13.2 Å². The largest absolute Gasteiger partial charge is 0.480 e. The molecule has 2 rings (SSSR count). The van der Waals surface area contributed by atoms with Gasteiger partial charge in [-0.05, 0) is 43.0 Å². The Morgan fingerprint density at radius 1 is 1.23 bits per heavy atom. The molecule has 1 aromatic carbocycles. The lowest BCUT2D eigenvalue weighted by Gasteiger charge is -2.22. The van der Waals surface area contributed by atoms with E-state index in [1.807, 2.05) is 0 Å². The molecule has 1 aromatic heterocycles. The number of aromatic nitrogens is 2. The Bertz CT molecular complexity index is 732. The molecule has 0 aliphatic rings. The minimum absolute atomic E-state index is 0.155. The van der Waals surface area contributed by atoms with Crippen molar-refractivity contribution in [2.45, 2.75) is 39.9 Å². The number of halogens is 3. The maximum absolute atomic E-state index is 13.3. The highest BCUT2D eigenvalue weighted by Gasteiger charge is 2.41. The highest BCUT2D eigenvalue weighted by Crippen LogP contribution is 2.36. The average Bonchev–Trinajstić information content (AvgIpc) is 2.68. The first-order valence-corrected chi connectivity index (χ1v) is 6.83. The molecular weight excluding hydrogens is 297 g/mol. The van der Waals surface area contributed by atoms with Gasteiger partial charge in [0.1, 0.15) is 6.04 Å². The minimum Gasteiger partial charge on any atom is -0.480 e. The Kier molecular flexibility index (Phi) is 3.93. The zero-order chi connectivity index (χ0) is 16.8. The first-order chi connectivity index (χ1) is 10.0. The Balaban J connectivity index is 2.89. The molecule has 22 heavy (non-hydrogen) atoms. The molecule has 1 heterocycles. The SMILES string of the molecule is Cc1cc2nc(C(F)(F)F)n(C(C(=O)O)C(C)C)c2cc1C. The molecular formula is C15H17F3N2O2. The number of alkyl halides is 3. The highest BCUT2D eigenvalue weighted by atomic mass is 19.4. The molecule has 1 atom stereocenters. The number of nitrogens with zero attached hydrogens (tertiary/aromatic N) is 2. The van der Waals surface area contributed by atoms with Gasteiger partial charge in [-0.1, -0.05) is 13.8 Å². The summed E-state index contributed by atoms with van der Waals surface area (Å²) in [6.45, 7) is 6.69. The lowest BCUT2D eigenvalue weighted by Crippen LogP contribution is -2.28. The summed E-state index contributed by atoms with van der Waals surface area (Å²) in [5.41, 5.74) is 1.94. The summed E-state index contributed by atoms with van der Waals surface area (Å²) < 4.78 is 40.7. The molecule has 0 radical (unpaired) electrons. The van der Waals surface area contributed by atoms with Crippen LogP contribution in [0.2, 0.25) is 0 Å². The normalized spacial score (nSPS) is 13.8. The molecule has 0 aliphatic heterocycles. The standard InChI is InChI=1S/C15H17F3N2O2/c1-7(2)12(13(21)22)20-11-6-9(4)8(3)5-10(11)19-14(20)15(16,17)18/h5-7,12H,1-4H3,(H,21,22). The number of fused-ring (bicyclic) bond motifs is 1. The first kappa shape index (κ1) is 16.3. The van der Waals surface area contributed by atoms with Gasteiger partial charge in [-0.25, -0.2) is 9.78 Å². The number of carboxylic acid groups (broad SMARTS) is 1. The molecule has 0 saturated heterocycles. The van der Waals surface area contributed by atoms with Crippen molar-refractivity contribution in [2.24, 2.45) is 5.92 Å². The van der Waals surface area contributed by atoms with Crippen molar-refractivity contribution in [2.75, 3.05) is 0 Å². The molecule has 2 aromatic rings. The van der Waals surface area contributed by atoms with Crippen LogP contribution in [-0.2, 0) is 11.0 Å². The molecule has 1 unspecified atom stereocenters. The van der Waals surface area contributed by atoms with E-state index in [4.69, 9.17) is 0 Å². The van der Waals surface area contributed by atoms with Gasteiger partial charge in [-0.15, -0.1) is 0 Å². The van der Waals surface area contributed by atoms with E-state index in [2.05, 4.69) is 4.98 Å². The lowest BCUT2D eigenvalue weighted by atomic mass is 10.0. The average molecular weight is 314 g/mol. The Labute approximate surface area is 125 Å². The van der Waals surface area contributed by atoms with E-state index in [-0.39, 0.29) is 11.0 Å². The highest BCUT2D eigenvalue weighted by molar-refractivity contribution is 5.82. The van der Waals surface area contributed by atoms with E-state index >= 15 is 0 Å². The van der Waals surface area contributed by atoms with E-state index < -0.39 is 29.9 Å². The number of imidazole rings is 1. The predicted octanol–water partition coefficient (Wildman–Crippen LogP) is 3.95. The monoisotopic (exact) mass is 314 g/mol. The number of aryl methyl sites for hydroxylation is 2. The fraction of sp³-hybridized carbons (Fsp3) is 0.467. The number of carboxylic acids is 1. The van der Waals surface area contributed by atoms with Gasteiger partial charge in [0.05, 0.1) is 11.0 Å². The smallest absolute Gasteiger partial charge is 0.449 e. The quantitative estimate of drug-likeness (QED) is 0.933. The van der Waals surface area contributed by atoms with Gasteiger partial charge >= 0.3 is 12.1 Å². The van der Waals surface area contributed by atoms with Crippen molar-refractivity contribution in [1.82, 2.24) is 9.55 Å². The van der Waals surface area contributed by atoms with E-state index in [9.17, 15) is 23.1 Å². The van der Waals surface area contributed by atoms with Crippen LogP contribution in [0.4, 0.5) is 13.2 Å². The number of aliphatic carboxylic acids is 1. The van der Waals surface area contributed by atoms with Crippen molar-refractivity contribution >= 4 is 17.0 Å². The lowest BCUT2D eigenvalue weighted by molar-refractivity contribution is -0.152. The number of benzene rings is 1. The van der Waals surface area contributed by atoms with Crippen LogP contribution in [0.25, 0.3) is 11.0 Å². The predicted molar refractivity (Wildman–Crippen MR) is 75.7 cm³/mol. The molecule has 0 saturated carbocycles. The van der Waals surface area contributed by atoms with E-state index in [0.29, 0.717) is 0 Å². The van der Waals surface area contributed by atoms with Crippen molar-refractivity contribution in [1.29, 1.82) is 0 Å². The molecule has 0 aliphatic carbocycles. The van der Waals surface area contributed by atoms with Gasteiger partial charge < -0.3 is 9.67 Å². The van der Waals surface area contributed by atoms with Crippen LogP contribution in [0, 0.1) is 19.8 Å². The summed E-state index contributed by atoms with van der Waals surface area (Å²) in [5.74, 6) is -3.00. The van der Waals surface area contributed by atoms with Crippen LogP contribution in [-0.4, -0.2) is 20.6 Å². The second-order valence-corrected chi connectivity index (χ2v) is 5.76. The maximum atomic E-state index is 13.3. The van der Waals surface area contributed by atoms with E-state index in [1.165, 1.54) is 0 Å². The minimum atomic E-state index is -4.72. The first-order valence-electron chi connectivity index (χ1n) is 6.83. The Hall–Kier alpha value is -2.05. The molecule has 4 nitrogen and oxygen atoms in total. The summed E-state index contributed by atoms with van der Waals surface area (Å²) in [5, 5.41) is 9.37. The molecule has 120 valence electrons. The van der Waals surface area contributed by atoms with Crippen molar-refractivity contribution in [3.05, 3.63) is 29.1 Å². The zero-order valence-electron chi connectivity index (χ0n) is 12.7. The number of hydrogen-bond donors (Lipinski definition) is 1. The van der Waals surface area contributed by atoms with Gasteiger partial charge in [0.2, 0.25) is 5.82 Å². The van der Waals surface area contributed by atoms with Crippen LogP contribution < -0.4 is 0 Å². The van der Waals surface area contributed by atoms with Crippen LogP contribution >= 0.6 is 0 Å². The van der Waals surface area contributed by atoms with E-state index in [0.717, 1.165) is 15.7 Å². The van der Waals surface area contributed by atoms with E-state index in [1.54, 1.807) is 39.8 Å². The summed E-state index contributed by atoms with van der Waals surface area (Å²) in [4.78, 5) is 15.1. The van der Waals surface area contributed by atoms with Gasteiger partial charge in [-0.3, -0.25) is 0 Å². The number of rotatable bonds is 3. The molecule has 0 fully saturated rings. The molecule has 0 bridgehead atoms. The molecule has 1 N–H and O–H groups in total. The molecule has 0 spiro atoms. The van der Waals surface area contributed by atoms with Crippen molar-refractivity contribution in [3.63, 3.8) is 0 Å². The summed E-state index contributed by atoms with van der Waals surface area (Å²) in [6.07, 6.45) is -4.72. The maximum Gasteiger partial charge on any atom is 0.449 e. The Morgan fingerprint density at radius 3 is 2.23 bits per heavy atom. The van der Waals surface area contributed by atoms with Crippen LogP contribution in [0.5, 0.6) is 0 Å². The van der Waals surface area contributed by atoms with Crippen LogP contribution in [0.1, 0.15) is 36.8 Å². The number of hydrogen-bond acceptors (Lipinski definition) is 2. The third-order valence-electron chi connectivity index (χ3n) is 3.72. The van der Waals surface area contributed by atoms with Crippen molar-refractivity contribution < 1.29 is 23.1 Å². The van der Waals surface area contributed by atoms with Crippen LogP contribution in [0.3, 0.4) is 0 Å². The second kappa shape index (κ2) is 5.30. The van der Waals surface area contributed by atoms with Crippen LogP contribution in [0.15, 0.2) is 12.1 Å². The fourth-order valence-corrected chi connectivity index (χ4v) is 2.53. The fourth-order valence-electron chi connectivity index (χ4n) is 2.53. The summed E-state index contributed by atoms with van der Waals surface area (Å²) in [7, 11) is 0. The van der Waals surface area contributed by atoms with Gasteiger partial charge in [0.15, 0.2) is 0 Å². The summed E-state index contributed by atoms with van der Waals surface area (Å²) >= 11 is 0. The third kappa shape index (κ3) is 2.67.